The fourth-order valence-corrected chi connectivity index (χ4v) is 1.48. The highest BCUT2D eigenvalue weighted by Crippen LogP contribution is 2.03. The minimum Gasteiger partial charge on any atom is -0.412 e. The van der Waals surface area contributed by atoms with Gasteiger partial charge in [0.2, 0.25) is 0 Å². The van der Waals surface area contributed by atoms with E-state index in [-0.39, 0.29) is 5.48 Å². The predicted octanol–water partition coefficient (Wildman–Crippen LogP) is 0.417. The van der Waals surface area contributed by atoms with Gasteiger partial charge >= 0.3 is 0 Å². The van der Waals surface area contributed by atoms with E-state index in [0.29, 0.717) is 19.3 Å². The highest BCUT2D eigenvalue weighted by molar-refractivity contribution is 4.62. The zero-order chi connectivity index (χ0) is 10.8. The van der Waals surface area contributed by atoms with E-state index in [1.807, 2.05) is 0 Å². The van der Waals surface area contributed by atoms with Gasteiger partial charge in [-0.2, -0.15) is 0 Å². The summed E-state index contributed by atoms with van der Waals surface area (Å²) in [4.78, 5) is 2.41. The van der Waals surface area contributed by atoms with Gasteiger partial charge in [0.1, 0.15) is 0 Å². The molecule has 0 aliphatic rings. The summed E-state index contributed by atoms with van der Waals surface area (Å²) >= 11 is 0. The predicted molar refractivity (Wildman–Crippen MR) is 63.0 cm³/mol. The van der Waals surface area contributed by atoms with Gasteiger partial charge in [-0.25, -0.2) is 0 Å². The molecule has 0 radical (unpaired) electrons. The van der Waals surface area contributed by atoms with Crippen molar-refractivity contribution in [3.8, 4) is 0 Å². The van der Waals surface area contributed by atoms with Crippen LogP contribution >= 0.6 is 0 Å². The van der Waals surface area contributed by atoms with Gasteiger partial charge in [0, 0.05) is 19.3 Å². The van der Waals surface area contributed by atoms with Crippen molar-refractivity contribution in [2.45, 2.75) is 45.6 Å². The Morgan fingerprint density at radius 2 is 1.27 bits per heavy atom. The summed E-state index contributed by atoms with van der Waals surface area (Å²) in [5.74, 6) is 0. The molecule has 4 nitrogen and oxygen atoms in total. The lowest BCUT2D eigenvalue weighted by Crippen LogP contribution is -2.33. The van der Waals surface area contributed by atoms with Crippen LogP contribution in [-0.4, -0.2) is 52.9 Å². The van der Waals surface area contributed by atoms with Gasteiger partial charge < -0.3 is 20.6 Å². The molecule has 15 heavy (non-hydrogen) atoms. The molecule has 0 aliphatic heterocycles. The largest absolute Gasteiger partial charge is 0.412 e. The van der Waals surface area contributed by atoms with Crippen molar-refractivity contribution in [3.63, 3.8) is 0 Å². The third-order valence-electron chi connectivity index (χ3n) is 2.44. The molecule has 0 fully saturated rings. The van der Waals surface area contributed by atoms with Gasteiger partial charge in [0.25, 0.3) is 0 Å². The number of rotatable bonds is 9. The molecule has 0 aliphatic carbocycles. The van der Waals surface area contributed by atoms with E-state index in [1.54, 1.807) is 0 Å². The van der Waals surface area contributed by atoms with Crippen molar-refractivity contribution in [1.29, 1.82) is 0 Å². The maximum atomic E-state index is 8.68. The van der Waals surface area contributed by atoms with E-state index >= 15 is 0 Å². The van der Waals surface area contributed by atoms with E-state index in [2.05, 4.69) is 18.7 Å². The zero-order valence-electron chi connectivity index (χ0n) is 10.1. The van der Waals surface area contributed by atoms with Crippen molar-refractivity contribution in [1.82, 2.24) is 4.90 Å². The molecule has 4 N–H and O–H groups in total. The molecule has 0 amide bonds. The lowest BCUT2D eigenvalue weighted by Gasteiger charge is -2.26. The summed E-state index contributed by atoms with van der Waals surface area (Å²) in [5, 5.41) is 17.4. The van der Waals surface area contributed by atoms with Crippen LogP contribution in [0.3, 0.4) is 0 Å². The van der Waals surface area contributed by atoms with Crippen molar-refractivity contribution in [2.75, 3.05) is 26.3 Å². The highest BCUT2D eigenvalue weighted by Gasteiger charge is 2.07. The normalized spacial score (nSPS) is 10.8. The Kier molecular flexibility index (Phi) is 13.7. The second-order valence-electron chi connectivity index (χ2n) is 3.99. The number of aliphatic hydroxyl groups is 2. The van der Waals surface area contributed by atoms with Crippen molar-refractivity contribution in [3.05, 3.63) is 0 Å². The van der Waals surface area contributed by atoms with Crippen molar-refractivity contribution >= 4 is 0 Å². The van der Waals surface area contributed by atoms with Gasteiger partial charge in [-0.15, -0.1) is 0 Å². The van der Waals surface area contributed by atoms with Crippen LogP contribution in [0.15, 0.2) is 0 Å². The molecule has 0 aromatic rings. The Hall–Kier alpha value is -0.160. The van der Waals surface area contributed by atoms with Gasteiger partial charge in [-0.3, -0.25) is 0 Å². The summed E-state index contributed by atoms with van der Waals surface area (Å²) in [6, 6.07) is 0.562. The average molecular weight is 221 g/mol. The Bertz CT molecular complexity index is 110. The number of hydrogen-bond donors (Lipinski definition) is 2. The topological polar surface area (TPSA) is 75.2 Å². The van der Waals surface area contributed by atoms with Crippen molar-refractivity contribution < 1.29 is 15.7 Å². The molecule has 4 heteroatoms. The fourth-order valence-electron chi connectivity index (χ4n) is 1.48. The standard InChI is InChI=1S/C11H25NO2.H2O/c1-11(2)12(7-3-5-9-13)8-4-6-10-14;/h11,13-14H,3-10H2,1-2H3;1H2. The van der Waals surface area contributed by atoms with Crippen LogP contribution in [-0.2, 0) is 0 Å². The maximum absolute atomic E-state index is 8.68. The first kappa shape index (κ1) is 17.2. The summed E-state index contributed by atoms with van der Waals surface area (Å²) in [6.45, 7) is 7.09. The van der Waals surface area contributed by atoms with E-state index in [1.165, 1.54) is 0 Å². The first-order valence-electron chi connectivity index (χ1n) is 5.68. The monoisotopic (exact) mass is 221 g/mol. The highest BCUT2D eigenvalue weighted by atomic mass is 16.3. The minimum atomic E-state index is 0. The number of unbranched alkanes of at least 4 members (excludes halogenated alkanes) is 2. The Morgan fingerprint density at radius 1 is 0.867 bits per heavy atom. The van der Waals surface area contributed by atoms with Crippen LogP contribution in [0.4, 0.5) is 0 Å². The summed E-state index contributed by atoms with van der Waals surface area (Å²) in [6.07, 6.45) is 3.91. The number of hydrogen-bond acceptors (Lipinski definition) is 3. The van der Waals surface area contributed by atoms with Crippen LogP contribution in [0, 0.1) is 0 Å². The van der Waals surface area contributed by atoms with E-state index < -0.39 is 0 Å². The minimum absolute atomic E-state index is 0. The Balaban J connectivity index is 0. The molecule has 0 atom stereocenters. The molecule has 0 rings (SSSR count). The van der Waals surface area contributed by atoms with Crippen LogP contribution in [0.2, 0.25) is 0 Å². The smallest absolute Gasteiger partial charge is 0.0431 e. The summed E-state index contributed by atoms with van der Waals surface area (Å²) < 4.78 is 0. The van der Waals surface area contributed by atoms with E-state index in [9.17, 15) is 0 Å². The van der Waals surface area contributed by atoms with Crippen LogP contribution in [0.5, 0.6) is 0 Å². The summed E-state index contributed by atoms with van der Waals surface area (Å²) in [7, 11) is 0. The van der Waals surface area contributed by atoms with Gasteiger partial charge in [-0.1, -0.05) is 0 Å². The first-order valence-corrected chi connectivity index (χ1v) is 5.68. The van der Waals surface area contributed by atoms with Crippen LogP contribution in [0.1, 0.15) is 39.5 Å². The molecule has 0 heterocycles. The second-order valence-corrected chi connectivity index (χ2v) is 3.99. The van der Waals surface area contributed by atoms with E-state index in [4.69, 9.17) is 10.2 Å². The third kappa shape index (κ3) is 10.1. The molecule has 0 spiro atoms. The Morgan fingerprint density at radius 3 is 1.53 bits per heavy atom. The molecular weight excluding hydrogens is 194 g/mol. The van der Waals surface area contributed by atoms with Crippen LogP contribution < -0.4 is 0 Å². The Labute approximate surface area is 93.2 Å². The third-order valence-corrected chi connectivity index (χ3v) is 2.44. The number of aliphatic hydroxyl groups excluding tert-OH is 2. The molecule has 94 valence electrons. The first-order chi connectivity index (χ1) is 6.72. The number of nitrogens with zero attached hydrogens (tertiary/aromatic N) is 1. The molecule has 0 aromatic heterocycles. The lowest BCUT2D eigenvalue weighted by molar-refractivity contribution is 0.194. The van der Waals surface area contributed by atoms with Gasteiger partial charge in [0.05, 0.1) is 0 Å². The van der Waals surface area contributed by atoms with E-state index in [0.717, 1.165) is 38.8 Å². The SMILES string of the molecule is CC(C)N(CCCCO)CCCCO.O. The molecule has 0 saturated carbocycles. The second kappa shape index (κ2) is 11.9. The fraction of sp³-hybridized carbons (Fsp3) is 1.00. The molecule has 0 unspecified atom stereocenters. The quantitative estimate of drug-likeness (QED) is 0.554. The van der Waals surface area contributed by atoms with Gasteiger partial charge in [0.15, 0.2) is 0 Å². The van der Waals surface area contributed by atoms with Crippen LogP contribution in [0.25, 0.3) is 0 Å². The zero-order valence-corrected chi connectivity index (χ0v) is 10.1. The van der Waals surface area contributed by atoms with Crippen molar-refractivity contribution in [2.24, 2.45) is 0 Å². The average Bonchev–Trinajstić information content (AvgIpc) is 2.15. The summed E-state index contributed by atoms with van der Waals surface area (Å²) in [5.41, 5.74) is 0. The molecule has 0 aromatic carbocycles. The lowest BCUT2D eigenvalue weighted by atomic mass is 10.2. The maximum Gasteiger partial charge on any atom is 0.0431 e. The molecule has 0 saturated heterocycles. The molecule has 0 bridgehead atoms. The molecular formula is C11H27NO3. The van der Waals surface area contributed by atoms with Gasteiger partial charge in [-0.05, 0) is 52.6 Å².